The van der Waals surface area contributed by atoms with Crippen LogP contribution in [-0.4, -0.2) is 62.3 Å². The molecule has 0 aliphatic carbocycles. The lowest BCUT2D eigenvalue weighted by Gasteiger charge is -2.45. The molecular weight excluding hydrogens is 713 g/mol. The summed E-state index contributed by atoms with van der Waals surface area (Å²) in [5.74, 6) is 0.101. The zero-order valence-corrected chi connectivity index (χ0v) is 31.4. The van der Waals surface area contributed by atoms with Gasteiger partial charge in [-0.05, 0) is 77.1 Å². The molecule has 3 aliphatic rings. The number of benzene rings is 5. The zero-order valence-electron chi connectivity index (χ0n) is 30.6. The maximum atomic E-state index is 13.3. The molecule has 0 bridgehead atoms. The number of ether oxygens (including phenoxy) is 2. The fourth-order valence-corrected chi connectivity index (χ4v) is 9.08. The molecule has 1 amide bonds. The fraction of sp³-hybridized carbons (Fsp3) is 0.295. The molecule has 10 nitrogen and oxygen atoms in total. The quantitative estimate of drug-likeness (QED) is 0.144. The van der Waals surface area contributed by atoms with Crippen LogP contribution in [-0.2, 0) is 37.4 Å². The number of sulfonamides is 1. The maximum Gasteiger partial charge on any atom is 0.247 e. The van der Waals surface area contributed by atoms with Crippen molar-refractivity contribution >= 4 is 21.6 Å². The van der Waals surface area contributed by atoms with Crippen LogP contribution < -0.4 is 14.9 Å². The summed E-state index contributed by atoms with van der Waals surface area (Å²) in [4.78, 5) is 18.2. The van der Waals surface area contributed by atoms with Gasteiger partial charge in [-0.2, -0.15) is 0 Å². The maximum absolute atomic E-state index is 13.3. The van der Waals surface area contributed by atoms with E-state index in [4.69, 9.17) is 9.47 Å². The number of hydrogen-bond donors (Lipinski definition) is 3. The molecule has 0 unspecified atom stereocenters. The number of carbonyl (C=O) groups is 1. The summed E-state index contributed by atoms with van der Waals surface area (Å²) in [6.07, 6.45) is 1.11. The predicted molar refractivity (Wildman–Crippen MR) is 211 cm³/mol. The van der Waals surface area contributed by atoms with Crippen LogP contribution in [0.5, 0.6) is 0 Å². The Morgan fingerprint density at radius 3 is 2.18 bits per heavy atom. The molecule has 284 valence electrons. The molecule has 3 atom stereocenters. The number of para-hydroxylation sites is 1. The van der Waals surface area contributed by atoms with Crippen molar-refractivity contribution in [2.24, 2.45) is 0 Å². The molecule has 0 aromatic heterocycles. The second-order valence-electron chi connectivity index (χ2n) is 14.6. The van der Waals surface area contributed by atoms with Crippen LogP contribution in [0.25, 0.3) is 11.1 Å². The van der Waals surface area contributed by atoms with E-state index < -0.39 is 21.9 Å². The van der Waals surface area contributed by atoms with E-state index >= 15 is 0 Å². The first-order valence-corrected chi connectivity index (χ1v) is 20.4. The van der Waals surface area contributed by atoms with Crippen LogP contribution in [0.1, 0.15) is 53.9 Å². The molecule has 3 saturated heterocycles. The number of amides is 1. The van der Waals surface area contributed by atoms with Gasteiger partial charge in [0, 0.05) is 43.9 Å². The van der Waals surface area contributed by atoms with Crippen molar-refractivity contribution in [2.45, 2.75) is 61.3 Å². The van der Waals surface area contributed by atoms with Gasteiger partial charge in [0.15, 0.2) is 6.29 Å². The van der Waals surface area contributed by atoms with Crippen molar-refractivity contribution in [1.82, 2.24) is 14.9 Å². The summed E-state index contributed by atoms with van der Waals surface area (Å²) >= 11 is 0. The van der Waals surface area contributed by atoms with Crippen molar-refractivity contribution < 1.29 is 27.8 Å². The number of aliphatic hydroxyl groups is 1. The molecule has 3 aliphatic heterocycles. The van der Waals surface area contributed by atoms with Crippen molar-refractivity contribution in [2.75, 3.05) is 31.2 Å². The first-order chi connectivity index (χ1) is 26.8. The van der Waals surface area contributed by atoms with Crippen LogP contribution >= 0.6 is 0 Å². The largest absolute Gasteiger partial charge is 0.392 e. The second kappa shape index (κ2) is 16.1. The van der Waals surface area contributed by atoms with E-state index in [1.807, 2.05) is 84.9 Å². The number of nitrogens with zero attached hydrogens (tertiary/aromatic N) is 2. The lowest BCUT2D eigenvalue weighted by molar-refractivity contribution is -0.253. The van der Waals surface area contributed by atoms with Crippen LogP contribution in [0.4, 0.5) is 5.69 Å². The number of nitrogens with one attached hydrogen (secondary N) is 2. The van der Waals surface area contributed by atoms with Gasteiger partial charge in [0.05, 0.1) is 30.4 Å². The Morgan fingerprint density at radius 1 is 0.764 bits per heavy atom. The summed E-state index contributed by atoms with van der Waals surface area (Å²) < 4.78 is 41.9. The highest BCUT2D eigenvalue weighted by molar-refractivity contribution is 7.89. The van der Waals surface area contributed by atoms with Gasteiger partial charge in [-0.25, -0.2) is 13.1 Å². The van der Waals surface area contributed by atoms with Gasteiger partial charge >= 0.3 is 0 Å². The SMILES string of the molecule is O=C1NCN(c2ccccc2)C12CCN(C[C@@H]1C[C@H](c3ccc(CO)cc3)O[C@H](c3cccc(-c4cccc(CNS(=O)(=O)c5ccccc5)c4)c3)O1)CC2. The Hall–Kier alpha value is -4.88. The number of rotatable bonds is 11. The molecule has 5 aromatic rings. The van der Waals surface area contributed by atoms with E-state index in [-0.39, 0.29) is 36.2 Å². The highest BCUT2D eigenvalue weighted by Gasteiger charge is 2.50. The lowest BCUT2D eigenvalue weighted by atomic mass is 9.85. The highest BCUT2D eigenvalue weighted by Crippen LogP contribution is 2.41. The van der Waals surface area contributed by atoms with Crippen LogP contribution in [0.15, 0.2) is 138 Å². The summed E-state index contributed by atoms with van der Waals surface area (Å²) in [6, 6.07) is 42.4. The molecule has 8 rings (SSSR count). The van der Waals surface area contributed by atoms with Gasteiger partial charge in [-0.1, -0.05) is 97.1 Å². The molecular formula is C44H46N4O6S. The van der Waals surface area contributed by atoms with Gasteiger partial charge in [0.2, 0.25) is 15.9 Å². The average molecular weight is 759 g/mol. The third-order valence-corrected chi connectivity index (χ3v) is 12.5. The Morgan fingerprint density at radius 2 is 1.45 bits per heavy atom. The van der Waals surface area contributed by atoms with E-state index in [1.54, 1.807) is 30.3 Å². The predicted octanol–water partition coefficient (Wildman–Crippen LogP) is 6.30. The van der Waals surface area contributed by atoms with Gasteiger partial charge in [-0.3, -0.25) is 4.79 Å². The molecule has 55 heavy (non-hydrogen) atoms. The normalized spacial score (nSPS) is 21.4. The number of carbonyl (C=O) groups excluding carboxylic acids is 1. The van der Waals surface area contributed by atoms with Crippen LogP contribution in [0.3, 0.4) is 0 Å². The topological polar surface area (TPSA) is 120 Å². The van der Waals surface area contributed by atoms with E-state index in [2.05, 4.69) is 38.0 Å². The minimum atomic E-state index is -3.65. The molecule has 3 fully saturated rings. The van der Waals surface area contributed by atoms with Gasteiger partial charge < -0.3 is 29.7 Å². The van der Waals surface area contributed by atoms with Gasteiger partial charge in [0.25, 0.3) is 0 Å². The Labute approximate surface area is 322 Å². The van der Waals surface area contributed by atoms with E-state index in [9.17, 15) is 18.3 Å². The number of likely N-dealkylation sites (tertiary alicyclic amines) is 1. The molecule has 0 saturated carbocycles. The first kappa shape index (κ1) is 37.1. The van der Waals surface area contributed by atoms with E-state index in [1.165, 1.54) is 0 Å². The van der Waals surface area contributed by atoms with E-state index in [0.29, 0.717) is 19.6 Å². The average Bonchev–Trinajstić information content (AvgIpc) is 3.55. The lowest BCUT2D eigenvalue weighted by Crippen LogP contribution is -2.57. The van der Waals surface area contributed by atoms with Gasteiger partial charge in [0.1, 0.15) is 5.54 Å². The summed E-state index contributed by atoms with van der Waals surface area (Å²) in [7, 11) is -3.65. The van der Waals surface area contributed by atoms with Crippen LogP contribution in [0, 0.1) is 0 Å². The van der Waals surface area contributed by atoms with Gasteiger partial charge in [-0.15, -0.1) is 0 Å². The zero-order chi connectivity index (χ0) is 37.8. The fourth-order valence-electron chi connectivity index (χ4n) is 8.05. The molecule has 3 N–H and O–H groups in total. The minimum absolute atomic E-state index is 0.0246. The Balaban J connectivity index is 0.989. The number of hydrogen-bond acceptors (Lipinski definition) is 8. The minimum Gasteiger partial charge on any atom is -0.392 e. The molecule has 3 heterocycles. The highest BCUT2D eigenvalue weighted by atomic mass is 32.2. The van der Waals surface area contributed by atoms with Crippen LogP contribution in [0.2, 0.25) is 0 Å². The molecule has 11 heteroatoms. The number of anilines is 1. The second-order valence-corrected chi connectivity index (χ2v) is 16.3. The number of aliphatic hydroxyl groups excluding tert-OH is 1. The number of piperidine rings is 1. The van der Waals surface area contributed by atoms with E-state index in [0.717, 1.165) is 65.0 Å². The Bertz CT molecular complexity index is 2200. The molecule has 1 spiro atoms. The molecule has 0 radical (unpaired) electrons. The Kier molecular flexibility index (Phi) is 10.8. The van der Waals surface area contributed by atoms with Crippen molar-refractivity contribution in [1.29, 1.82) is 0 Å². The van der Waals surface area contributed by atoms with Crippen molar-refractivity contribution in [3.63, 3.8) is 0 Å². The first-order valence-electron chi connectivity index (χ1n) is 18.9. The van der Waals surface area contributed by atoms with Crippen molar-refractivity contribution in [3.8, 4) is 11.1 Å². The standard InChI is InChI=1S/C44H46N4O6S/c49-30-32-17-19-34(20-18-32)41-27-39(29-47-23-21-44(22-24-47)43(50)45-31-48(44)38-13-3-1-4-14-38)53-42(54-41)37-12-8-11-36(26-37)35-10-7-9-33(25-35)28-46-55(51,52)40-15-5-2-6-16-40/h1-20,25-26,39,41-42,46,49H,21-24,27-31H2,(H,45,50)/t39-,41+,42+/m0/s1. The third-order valence-electron chi connectivity index (χ3n) is 11.1. The monoisotopic (exact) mass is 758 g/mol. The smallest absolute Gasteiger partial charge is 0.247 e. The van der Waals surface area contributed by atoms with Crippen molar-refractivity contribution in [3.05, 3.63) is 156 Å². The summed E-state index contributed by atoms with van der Waals surface area (Å²) in [5.41, 5.74) is 5.99. The summed E-state index contributed by atoms with van der Waals surface area (Å²) in [6.45, 7) is 2.89. The third kappa shape index (κ3) is 8.09. The summed E-state index contributed by atoms with van der Waals surface area (Å²) in [5, 5.41) is 12.8. The molecule has 5 aromatic carbocycles.